The lowest BCUT2D eigenvalue weighted by molar-refractivity contribution is 0.688. The van der Waals surface area contributed by atoms with Crippen molar-refractivity contribution in [2.75, 3.05) is 11.9 Å². The van der Waals surface area contributed by atoms with Gasteiger partial charge in [-0.05, 0) is 25.0 Å². The summed E-state index contributed by atoms with van der Waals surface area (Å²) >= 11 is 1.54. The molecule has 2 aromatic heterocycles. The summed E-state index contributed by atoms with van der Waals surface area (Å²) in [7, 11) is 0. The van der Waals surface area contributed by atoms with Gasteiger partial charge in [-0.15, -0.1) is 11.3 Å². The van der Waals surface area contributed by atoms with E-state index in [2.05, 4.69) is 24.1 Å². The zero-order chi connectivity index (χ0) is 13.8. The summed E-state index contributed by atoms with van der Waals surface area (Å²) < 4.78 is 1.69. The average Bonchev–Trinajstić information content (AvgIpc) is 2.85. The van der Waals surface area contributed by atoms with Gasteiger partial charge in [0.15, 0.2) is 5.13 Å². The minimum absolute atomic E-state index is 0.0192. The third-order valence-corrected chi connectivity index (χ3v) is 3.60. The van der Waals surface area contributed by atoms with Crippen LogP contribution in [0.3, 0.4) is 0 Å². The van der Waals surface area contributed by atoms with Gasteiger partial charge in [-0.1, -0.05) is 13.8 Å². The zero-order valence-corrected chi connectivity index (χ0v) is 12.3. The first-order valence-electron chi connectivity index (χ1n) is 6.51. The van der Waals surface area contributed by atoms with Gasteiger partial charge in [-0.25, -0.2) is 4.98 Å². The summed E-state index contributed by atoms with van der Waals surface area (Å²) in [5.41, 5.74) is 1.44. The molecule has 0 amide bonds. The molecule has 0 saturated heterocycles. The van der Waals surface area contributed by atoms with E-state index in [-0.39, 0.29) is 5.56 Å². The highest BCUT2D eigenvalue weighted by atomic mass is 32.1. The lowest BCUT2D eigenvalue weighted by atomic mass is 10.2. The van der Waals surface area contributed by atoms with Crippen molar-refractivity contribution in [2.45, 2.75) is 27.3 Å². The number of thiazole rings is 1. The molecule has 0 aliphatic carbocycles. The topological polar surface area (TPSA) is 46.9 Å². The summed E-state index contributed by atoms with van der Waals surface area (Å²) in [6, 6.07) is 3.72. The summed E-state index contributed by atoms with van der Waals surface area (Å²) in [5.74, 6) is 0.571. The van der Waals surface area contributed by atoms with Gasteiger partial charge in [-0.3, -0.25) is 4.79 Å². The van der Waals surface area contributed by atoms with Crippen LogP contribution >= 0.6 is 11.3 Å². The van der Waals surface area contributed by atoms with Crippen molar-refractivity contribution in [1.29, 1.82) is 0 Å². The Morgan fingerprint density at radius 1 is 1.47 bits per heavy atom. The van der Waals surface area contributed by atoms with Crippen molar-refractivity contribution in [3.05, 3.63) is 34.1 Å². The normalized spacial score (nSPS) is 10.9. The molecule has 102 valence electrons. The Kier molecular flexibility index (Phi) is 4.37. The van der Waals surface area contributed by atoms with Gasteiger partial charge in [0.05, 0.1) is 11.3 Å². The first-order chi connectivity index (χ1) is 9.11. The number of aryl methyl sites for hydroxylation is 1. The van der Waals surface area contributed by atoms with Crippen molar-refractivity contribution in [3.63, 3.8) is 0 Å². The van der Waals surface area contributed by atoms with E-state index in [9.17, 15) is 4.79 Å². The fourth-order valence-corrected chi connectivity index (χ4v) is 2.47. The van der Waals surface area contributed by atoms with Crippen LogP contribution in [0, 0.1) is 5.92 Å². The molecule has 0 aliphatic rings. The summed E-state index contributed by atoms with van der Waals surface area (Å²) in [5, 5.41) is 6.08. The van der Waals surface area contributed by atoms with Crippen LogP contribution in [0.1, 0.15) is 20.8 Å². The van der Waals surface area contributed by atoms with Crippen LogP contribution in [-0.4, -0.2) is 16.1 Å². The highest BCUT2D eigenvalue weighted by Crippen LogP contribution is 2.22. The molecule has 2 heterocycles. The van der Waals surface area contributed by atoms with E-state index < -0.39 is 0 Å². The van der Waals surface area contributed by atoms with E-state index >= 15 is 0 Å². The molecule has 0 aliphatic heterocycles. The molecular weight excluding hydrogens is 258 g/mol. The second-order valence-electron chi connectivity index (χ2n) is 4.83. The standard InChI is InChI=1S/C14H19N3OS/c1-4-17-7-5-6-11(13(17)18)12-9-19-14(16-12)15-8-10(2)3/h5-7,9-10H,4,8H2,1-3H3,(H,15,16). The molecule has 4 nitrogen and oxygen atoms in total. The number of pyridine rings is 1. The molecule has 0 spiro atoms. The maximum atomic E-state index is 12.2. The van der Waals surface area contributed by atoms with E-state index in [1.807, 2.05) is 24.4 Å². The molecule has 5 heteroatoms. The number of rotatable bonds is 5. The number of hydrogen-bond acceptors (Lipinski definition) is 4. The molecule has 0 saturated carbocycles. The van der Waals surface area contributed by atoms with Crippen molar-refractivity contribution in [2.24, 2.45) is 5.92 Å². The number of nitrogens with zero attached hydrogens (tertiary/aromatic N) is 2. The van der Waals surface area contributed by atoms with Crippen LogP contribution in [0.4, 0.5) is 5.13 Å². The van der Waals surface area contributed by atoms with Crippen LogP contribution in [0.5, 0.6) is 0 Å². The summed E-state index contributed by atoms with van der Waals surface area (Å²) in [6.45, 7) is 7.83. The fraction of sp³-hybridized carbons (Fsp3) is 0.429. The van der Waals surface area contributed by atoms with Gasteiger partial charge < -0.3 is 9.88 Å². The predicted octanol–water partition coefficient (Wildman–Crippen LogP) is 3.06. The Bertz CT molecular complexity index is 601. The van der Waals surface area contributed by atoms with Crippen molar-refractivity contribution in [3.8, 4) is 11.3 Å². The maximum Gasteiger partial charge on any atom is 0.260 e. The van der Waals surface area contributed by atoms with E-state index in [4.69, 9.17) is 0 Å². The third-order valence-electron chi connectivity index (χ3n) is 2.80. The van der Waals surface area contributed by atoms with Gasteiger partial charge in [0.2, 0.25) is 0 Å². The molecule has 0 unspecified atom stereocenters. The quantitative estimate of drug-likeness (QED) is 0.913. The fourth-order valence-electron chi connectivity index (χ4n) is 1.75. The van der Waals surface area contributed by atoms with E-state index in [0.717, 1.165) is 17.4 Å². The Labute approximate surface area is 117 Å². The van der Waals surface area contributed by atoms with Crippen molar-refractivity contribution < 1.29 is 0 Å². The Balaban J connectivity index is 2.26. The van der Waals surface area contributed by atoms with E-state index in [1.54, 1.807) is 10.8 Å². The minimum Gasteiger partial charge on any atom is -0.361 e. The molecular formula is C14H19N3OS. The van der Waals surface area contributed by atoms with Gasteiger partial charge in [0.25, 0.3) is 5.56 Å². The Morgan fingerprint density at radius 2 is 2.26 bits per heavy atom. The van der Waals surface area contributed by atoms with Crippen LogP contribution in [0.2, 0.25) is 0 Å². The summed E-state index contributed by atoms with van der Waals surface area (Å²) in [6.07, 6.45) is 1.80. The first kappa shape index (κ1) is 13.8. The highest BCUT2D eigenvalue weighted by molar-refractivity contribution is 7.14. The lowest BCUT2D eigenvalue weighted by Crippen LogP contribution is -2.19. The molecule has 2 rings (SSSR count). The van der Waals surface area contributed by atoms with Crippen LogP contribution in [0.25, 0.3) is 11.3 Å². The smallest absolute Gasteiger partial charge is 0.260 e. The first-order valence-corrected chi connectivity index (χ1v) is 7.39. The number of hydrogen-bond donors (Lipinski definition) is 1. The second-order valence-corrected chi connectivity index (χ2v) is 5.68. The predicted molar refractivity (Wildman–Crippen MR) is 80.8 cm³/mol. The van der Waals surface area contributed by atoms with Crippen LogP contribution < -0.4 is 10.9 Å². The van der Waals surface area contributed by atoms with Gasteiger partial charge >= 0.3 is 0 Å². The van der Waals surface area contributed by atoms with Crippen LogP contribution in [0.15, 0.2) is 28.5 Å². The molecule has 0 atom stereocenters. The number of aromatic nitrogens is 2. The average molecular weight is 277 g/mol. The molecule has 19 heavy (non-hydrogen) atoms. The van der Waals surface area contributed by atoms with Gasteiger partial charge in [-0.2, -0.15) is 0 Å². The Morgan fingerprint density at radius 3 is 2.95 bits per heavy atom. The highest BCUT2D eigenvalue weighted by Gasteiger charge is 2.09. The molecule has 0 radical (unpaired) electrons. The zero-order valence-electron chi connectivity index (χ0n) is 11.5. The SMILES string of the molecule is CCn1cccc(-c2csc(NCC(C)C)n2)c1=O. The van der Waals surface area contributed by atoms with Crippen molar-refractivity contribution in [1.82, 2.24) is 9.55 Å². The third kappa shape index (κ3) is 3.23. The largest absolute Gasteiger partial charge is 0.361 e. The Hall–Kier alpha value is -1.62. The molecule has 0 fully saturated rings. The van der Waals surface area contributed by atoms with E-state index in [1.165, 1.54) is 11.3 Å². The number of nitrogens with one attached hydrogen (secondary N) is 1. The second kappa shape index (κ2) is 6.02. The molecule has 0 bridgehead atoms. The monoisotopic (exact) mass is 277 g/mol. The summed E-state index contributed by atoms with van der Waals surface area (Å²) in [4.78, 5) is 16.7. The molecule has 2 aromatic rings. The number of anilines is 1. The van der Waals surface area contributed by atoms with Crippen LogP contribution in [-0.2, 0) is 6.54 Å². The maximum absolute atomic E-state index is 12.2. The minimum atomic E-state index is 0.0192. The van der Waals surface area contributed by atoms with Gasteiger partial charge in [0.1, 0.15) is 0 Å². The molecule has 0 aromatic carbocycles. The van der Waals surface area contributed by atoms with E-state index in [0.29, 0.717) is 18.0 Å². The van der Waals surface area contributed by atoms with Crippen molar-refractivity contribution >= 4 is 16.5 Å². The van der Waals surface area contributed by atoms with Gasteiger partial charge in [0, 0.05) is 24.7 Å². The molecule has 1 N–H and O–H groups in total. The lowest BCUT2D eigenvalue weighted by Gasteiger charge is -2.05.